The smallest absolute Gasteiger partial charge is 0.220 e. The fraction of sp³-hybridized carbons (Fsp3) is 0.0526. The largest absolute Gasteiger partial charge is 0.505 e. The molecule has 206 valence electrons. The minimum absolute atomic E-state index is 0.146. The van der Waals surface area contributed by atoms with E-state index in [-0.39, 0.29) is 5.75 Å². The lowest BCUT2D eigenvalue weighted by atomic mass is 9.98. The zero-order valence-corrected chi connectivity index (χ0v) is 23.7. The molecule has 8 rings (SSSR count). The van der Waals surface area contributed by atoms with Crippen LogP contribution in [0.1, 0.15) is 11.1 Å². The van der Waals surface area contributed by atoms with Gasteiger partial charge in [-0.3, -0.25) is 4.57 Å². The van der Waals surface area contributed by atoms with E-state index in [2.05, 4.69) is 79.1 Å². The van der Waals surface area contributed by atoms with E-state index in [4.69, 9.17) is 14.7 Å². The highest BCUT2D eigenvalue weighted by Gasteiger charge is 2.19. The summed E-state index contributed by atoms with van der Waals surface area (Å²) in [7, 11) is 0. The average Bonchev–Trinajstić information content (AvgIpc) is 3.36. The van der Waals surface area contributed by atoms with Crippen LogP contribution >= 0.6 is 0 Å². The van der Waals surface area contributed by atoms with Crippen LogP contribution in [0.15, 0.2) is 121 Å². The van der Waals surface area contributed by atoms with Crippen molar-refractivity contribution >= 4 is 43.5 Å². The molecule has 0 spiro atoms. The van der Waals surface area contributed by atoms with Crippen LogP contribution < -0.4 is 4.74 Å². The first-order valence-corrected chi connectivity index (χ1v) is 14.3. The lowest BCUT2D eigenvalue weighted by molar-refractivity contribution is 0.461. The molecule has 5 aromatic carbocycles. The Morgan fingerprint density at radius 1 is 0.674 bits per heavy atom. The first-order chi connectivity index (χ1) is 21.1. The van der Waals surface area contributed by atoms with E-state index in [1.165, 1.54) is 5.39 Å². The van der Waals surface area contributed by atoms with Crippen LogP contribution in [0, 0.1) is 13.8 Å². The van der Waals surface area contributed by atoms with Crippen molar-refractivity contribution in [3.05, 3.63) is 133 Å². The minimum Gasteiger partial charge on any atom is -0.505 e. The Morgan fingerprint density at radius 3 is 2.28 bits per heavy atom. The molecule has 5 heteroatoms. The molecule has 0 aliphatic rings. The molecular formula is C38H27N3O2. The van der Waals surface area contributed by atoms with Crippen molar-refractivity contribution < 1.29 is 9.84 Å². The number of hydrogen-bond donors (Lipinski definition) is 1. The van der Waals surface area contributed by atoms with E-state index in [9.17, 15) is 5.11 Å². The molecule has 0 amide bonds. The molecule has 0 saturated heterocycles. The summed E-state index contributed by atoms with van der Waals surface area (Å²) < 4.78 is 8.78. The number of pyridine rings is 2. The molecule has 5 nitrogen and oxygen atoms in total. The van der Waals surface area contributed by atoms with Crippen molar-refractivity contribution in [2.75, 3.05) is 0 Å². The van der Waals surface area contributed by atoms with Crippen molar-refractivity contribution in [1.82, 2.24) is 14.5 Å². The molecule has 0 aliphatic carbocycles. The highest BCUT2D eigenvalue weighted by atomic mass is 16.5. The highest BCUT2D eigenvalue weighted by molar-refractivity contribution is 6.11. The fourth-order valence-corrected chi connectivity index (χ4v) is 6.28. The Kier molecular flexibility index (Phi) is 5.66. The molecule has 0 fully saturated rings. The van der Waals surface area contributed by atoms with Crippen molar-refractivity contribution in [3.8, 4) is 34.3 Å². The summed E-state index contributed by atoms with van der Waals surface area (Å²) in [6, 6.07) is 38.6. The Hall–Kier alpha value is -5.68. The molecule has 0 atom stereocenters. The van der Waals surface area contributed by atoms with E-state index in [0.717, 1.165) is 60.6 Å². The number of phenols is 1. The van der Waals surface area contributed by atoms with Gasteiger partial charge in [-0.05, 0) is 65.8 Å². The fourth-order valence-electron chi connectivity index (χ4n) is 6.28. The van der Waals surface area contributed by atoms with Gasteiger partial charge in [0, 0.05) is 39.9 Å². The van der Waals surface area contributed by atoms with Crippen molar-refractivity contribution in [3.63, 3.8) is 0 Å². The molecule has 3 heterocycles. The lowest BCUT2D eigenvalue weighted by Gasteiger charge is -2.14. The molecular weight excluding hydrogens is 530 g/mol. The number of aryl methyl sites for hydroxylation is 2. The number of ether oxygens (including phenoxy) is 1. The summed E-state index contributed by atoms with van der Waals surface area (Å²) in [6.07, 6.45) is 1.83. The molecule has 0 bridgehead atoms. The monoisotopic (exact) mass is 557 g/mol. The molecule has 0 saturated carbocycles. The minimum atomic E-state index is 0.146. The van der Waals surface area contributed by atoms with Crippen LogP contribution in [0.3, 0.4) is 0 Å². The van der Waals surface area contributed by atoms with E-state index < -0.39 is 0 Å². The Balaban J connectivity index is 1.36. The summed E-state index contributed by atoms with van der Waals surface area (Å²) >= 11 is 0. The maximum Gasteiger partial charge on any atom is 0.220 e. The molecule has 3 aromatic heterocycles. The van der Waals surface area contributed by atoms with Crippen LogP contribution in [0.5, 0.6) is 17.4 Å². The maximum atomic E-state index is 11.4. The number of benzene rings is 5. The van der Waals surface area contributed by atoms with Gasteiger partial charge in [0.15, 0.2) is 0 Å². The van der Waals surface area contributed by atoms with Crippen molar-refractivity contribution in [2.45, 2.75) is 13.8 Å². The Labute approximate surface area is 248 Å². The van der Waals surface area contributed by atoms with Crippen LogP contribution in [-0.2, 0) is 0 Å². The third-order valence-corrected chi connectivity index (χ3v) is 8.22. The van der Waals surface area contributed by atoms with Gasteiger partial charge < -0.3 is 9.84 Å². The van der Waals surface area contributed by atoms with Gasteiger partial charge in [0.2, 0.25) is 5.88 Å². The Morgan fingerprint density at radius 2 is 1.44 bits per heavy atom. The summed E-state index contributed by atoms with van der Waals surface area (Å²) in [5.74, 6) is 2.10. The van der Waals surface area contributed by atoms with Gasteiger partial charge in [0.1, 0.15) is 22.8 Å². The first-order valence-electron chi connectivity index (χ1n) is 14.3. The third kappa shape index (κ3) is 4.01. The number of hydrogen-bond acceptors (Lipinski definition) is 4. The van der Waals surface area contributed by atoms with E-state index in [0.29, 0.717) is 17.1 Å². The number of phenolic OH excluding ortho intramolecular Hbond substituents is 1. The van der Waals surface area contributed by atoms with E-state index in [1.54, 1.807) is 0 Å². The van der Waals surface area contributed by atoms with Crippen LogP contribution in [0.2, 0.25) is 0 Å². The standard InChI is InChI=1S/C38H27N3O2/c1-23-11-10-18-39-38(23)41-32-17-9-8-16-29(32)35-24(2)19-27(21-33(35)41)43-34-22-30(25-12-4-3-5-13-25)31-20-26-14-6-7-15-28(26)37(42)36(31)40-34/h3-22,42H,1-2H3. The lowest BCUT2D eigenvalue weighted by Crippen LogP contribution is -2.00. The molecule has 8 aromatic rings. The second kappa shape index (κ2) is 9.71. The van der Waals surface area contributed by atoms with Crippen LogP contribution in [0.25, 0.3) is 60.4 Å². The summed E-state index contributed by atoms with van der Waals surface area (Å²) in [4.78, 5) is 9.62. The molecule has 0 aliphatic heterocycles. The van der Waals surface area contributed by atoms with Crippen LogP contribution in [0.4, 0.5) is 0 Å². The van der Waals surface area contributed by atoms with Gasteiger partial charge in [0.25, 0.3) is 0 Å². The second-order valence-corrected chi connectivity index (χ2v) is 10.9. The van der Waals surface area contributed by atoms with Gasteiger partial charge in [-0.25, -0.2) is 9.97 Å². The predicted molar refractivity (Wildman–Crippen MR) is 174 cm³/mol. The summed E-state index contributed by atoms with van der Waals surface area (Å²) in [6.45, 7) is 4.19. The molecule has 0 unspecified atom stereocenters. The molecule has 1 N–H and O–H groups in total. The van der Waals surface area contributed by atoms with Gasteiger partial charge >= 0.3 is 0 Å². The van der Waals surface area contributed by atoms with Gasteiger partial charge in [-0.2, -0.15) is 0 Å². The van der Waals surface area contributed by atoms with Crippen LogP contribution in [-0.4, -0.2) is 19.6 Å². The first kappa shape index (κ1) is 25.1. The number of para-hydroxylation sites is 1. The van der Waals surface area contributed by atoms with Crippen molar-refractivity contribution in [1.29, 1.82) is 0 Å². The normalized spacial score (nSPS) is 11.6. The predicted octanol–water partition coefficient (Wildman–Crippen LogP) is 9.66. The number of nitrogens with zero attached hydrogens (tertiary/aromatic N) is 3. The second-order valence-electron chi connectivity index (χ2n) is 10.9. The third-order valence-electron chi connectivity index (χ3n) is 8.22. The van der Waals surface area contributed by atoms with E-state index in [1.807, 2.05) is 60.8 Å². The van der Waals surface area contributed by atoms with Crippen molar-refractivity contribution in [2.24, 2.45) is 0 Å². The number of aromatic hydroxyl groups is 1. The molecule has 0 radical (unpaired) electrons. The Bertz CT molecular complexity index is 2360. The topological polar surface area (TPSA) is 60.2 Å². The highest BCUT2D eigenvalue weighted by Crippen LogP contribution is 2.41. The quantitative estimate of drug-likeness (QED) is 0.219. The number of fused-ring (bicyclic) bond motifs is 5. The summed E-state index contributed by atoms with van der Waals surface area (Å²) in [5, 5.41) is 16.3. The van der Waals surface area contributed by atoms with Gasteiger partial charge in [0.05, 0.1) is 11.0 Å². The number of rotatable bonds is 4. The van der Waals surface area contributed by atoms with Gasteiger partial charge in [-0.1, -0.05) is 78.9 Å². The van der Waals surface area contributed by atoms with E-state index >= 15 is 0 Å². The summed E-state index contributed by atoms with van der Waals surface area (Å²) in [5.41, 5.74) is 6.74. The zero-order chi connectivity index (χ0) is 29.1. The molecule has 43 heavy (non-hydrogen) atoms. The number of aromatic nitrogens is 3. The SMILES string of the molecule is Cc1cccnc1-n1c2ccccc2c2c(C)cc(Oc3cc(-c4ccccc4)c4cc5ccccc5c(O)c4n3)cc21. The average molecular weight is 558 g/mol. The zero-order valence-electron chi connectivity index (χ0n) is 23.7. The maximum absolute atomic E-state index is 11.4. The van der Waals surface area contributed by atoms with Gasteiger partial charge in [-0.15, -0.1) is 0 Å².